The number of fused-ring (bicyclic) bond motifs is 6. The zero-order valence-electron chi connectivity index (χ0n) is 30.2. The van der Waals surface area contributed by atoms with Crippen LogP contribution in [-0.2, 0) is 0 Å². The molecule has 5 nitrogen and oxygen atoms in total. The van der Waals surface area contributed by atoms with E-state index < -0.39 is 0 Å². The summed E-state index contributed by atoms with van der Waals surface area (Å²) in [6.45, 7) is 0. The number of hydrogen-bond acceptors (Lipinski definition) is 4. The van der Waals surface area contributed by atoms with Crippen LogP contribution >= 0.6 is 0 Å². The van der Waals surface area contributed by atoms with Crippen molar-refractivity contribution in [3.05, 3.63) is 194 Å². The van der Waals surface area contributed by atoms with Crippen molar-refractivity contribution in [3.8, 4) is 62.1 Å². The Morgan fingerprint density at radius 2 is 0.911 bits per heavy atom. The molecule has 0 unspecified atom stereocenters. The number of furan rings is 1. The third-order valence-corrected chi connectivity index (χ3v) is 10.7. The third-order valence-electron chi connectivity index (χ3n) is 10.7. The number of benzene rings is 8. The van der Waals surface area contributed by atoms with Gasteiger partial charge in [0.05, 0.1) is 11.0 Å². The summed E-state index contributed by atoms with van der Waals surface area (Å²) in [6, 6.07) is 67.4. The molecule has 262 valence electrons. The largest absolute Gasteiger partial charge is 0.456 e. The van der Waals surface area contributed by atoms with Gasteiger partial charge in [-0.1, -0.05) is 152 Å². The van der Waals surface area contributed by atoms with Gasteiger partial charge in [-0.15, -0.1) is 0 Å². The molecule has 0 bridgehead atoms. The molecular formula is C51H32N4O. The fraction of sp³-hybridized carbons (Fsp3) is 0. The van der Waals surface area contributed by atoms with Crippen molar-refractivity contribution in [1.29, 1.82) is 0 Å². The molecule has 0 spiro atoms. The Kier molecular flexibility index (Phi) is 7.42. The Hall–Kier alpha value is -7.63. The summed E-state index contributed by atoms with van der Waals surface area (Å²) in [7, 11) is 0. The smallest absolute Gasteiger partial charge is 0.164 e. The lowest BCUT2D eigenvalue weighted by Gasteiger charge is -2.11. The molecule has 3 aromatic heterocycles. The number of nitrogens with zero attached hydrogens (tertiary/aromatic N) is 4. The highest BCUT2D eigenvalue weighted by Gasteiger charge is 2.21. The average Bonchev–Trinajstić information content (AvgIpc) is 3.81. The van der Waals surface area contributed by atoms with E-state index in [-0.39, 0.29) is 0 Å². The SMILES string of the molecule is c1ccc(-c2ccc(-n3c4ccccc4c4cc5oc6cccc(-c7nc(-c8ccccc8)nc(-c8cccc(-c9ccccc9)c8)n7)c6c5cc43)cc2)cc1. The molecule has 8 aromatic carbocycles. The maximum Gasteiger partial charge on any atom is 0.164 e. The first-order chi connectivity index (χ1) is 27.7. The predicted octanol–water partition coefficient (Wildman–Crippen LogP) is 13.2. The summed E-state index contributed by atoms with van der Waals surface area (Å²) in [5, 5.41) is 4.27. The van der Waals surface area contributed by atoms with E-state index in [1.54, 1.807) is 0 Å². The molecule has 0 saturated heterocycles. The molecule has 0 amide bonds. The molecule has 0 aliphatic heterocycles. The monoisotopic (exact) mass is 716 g/mol. The van der Waals surface area contributed by atoms with E-state index in [9.17, 15) is 0 Å². The second kappa shape index (κ2) is 13.0. The van der Waals surface area contributed by atoms with Crippen LogP contribution in [0.3, 0.4) is 0 Å². The molecule has 0 radical (unpaired) electrons. The first-order valence-electron chi connectivity index (χ1n) is 18.8. The van der Waals surface area contributed by atoms with Gasteiger partial charge in [0, 0.05) is 43.9 Å². The van der Waals surface area contributed by atoms with Gasteiger partial charge in [-0.25, -0.2) is 15.0 Å². The Bertz CT molecular complexity index is 3220. The average molecular weight is 717 g/mol. The van der Waals surface area contributed by atoms with Crippen molar-refractivity contribution in [2.75, 3.05) is 0 Å². The van der Waals surface area contributed by atoms with Crippen LogP contribution in [0.4, 0.5) is 0 Å². The van der Waals surface area contributed by atoms with Crippen molar-refractivity contribution >= 4 is 43.7 Å². The number of hydrogen-bond donors (Lipinski definition) is 0. The Balaban J connectivity index is 1.12. The molecule has 0 saturated carbocycles. The first-order valence-corrected chi connectivity index (χ1v) is 18.8. The number of para-hydroxylation sites is 1. The molecule has 0 fully saturated rings. The summed E-state index contributed by atoms with van der Waals surface area (Å²) in [4.78, 5) is 15.4. The Morgan fingerprint density at radius 1 is 0.339 bits per heavy atom. The van der Waals surface area contributed by atoms with Crippen LogP contribution in [0.5, 0.6) is 0 Å². The van der Waals surface area contributed by atoms with Crippen molar-refractivity contribution in [2.45, 2.75) is 0 Å². The summed E-state index contributed by atoms with van der Waals surface area (Å²) in [6.07, 6.45) is 0. The molecule has 11 aromatic rings. The second-order valence-electron chi connectivity index (χ2n) is 14.0. The van der Waals surface area contributed by atoms with E-state index in [1.165, 1.54) is 16.5 Å². The highest BCUT2D eigenvalue weighted by Crippen LogP contribution is 2.41. The van der Waals surface area contributed by atoms with E-state index >= 15 is 0 Å². The summed E-state index contributed by atoms with van der Waals surface area (Å²) >= 11 is 0. The van der Waals surface area contributed by atoms with Crippen LogP contribution in [0.2, 0.25) is 0 Å². The van der Waals surface area contributed by atoms with Gasteiger partial charge >= 0.3 is 0 Å². The standard InChI is InChI=1S/C51H32N4O/c1-4-14-33(15-5-1)35-26-28-39(29-27-35)55-44-24-11-10-22-40(44)42-32-47-43(31-45(42)55)48-41(23-13-25-46(48)56-47)51-53-49(36-18-8-3-9-19-36)52-50(54-51)38-21-12-20-37(30-38)34-16-6-2-7-17-34/h1-32H. The normalized spacial score (nSPS) is 11.6. The van der Waals surface area contributed by atoms with Crippen LogP contribution in [0.25, 0.3) is 106 Å². The van der Waals surface area contributed by atoms with Gasteiger partial charge in [0.25, 0.3) is 0 Å². The lowest BCUT2D eigenvalue weighted by Crippen LogP contribution is -2.00. The summed E-state index contributed by atoms with van der Waals surface area (Å²) in [5.41, 5.74) is 12.3. The zero-order chi connectivity index (χ0) is 37.0. The molecule has 0 aliphatic carbocycles. The molecule has 0 atom stereocenters. The van der Waals surface area contributed by atoms with Gasteiger partial charge in [-0.05, 0) is 64.7 Å². The minimum Gasteiger partial charge on any atom is -0.456 e. The van der Waals surface area contributed by atoms with Gasteiger partial charge in [-0.2, -0.15) is 0 Å². The lowest BCUT2D eigenvalue weighted by molar-refractivity contribution is 0.669. The molecule has 0 aliphatic rings. The molecule has 56 heavy (non-hydrogen) atoms. The Labute approximate surface area is 322 Å². The van der Waals surface area contributed by atoms with Crippen molar-refractivity contribution in [2.24, 2.45) is 0 Å². The van der Waals surface area contributed by atoms with E-state index in [4.69, 9.17) is 19.4 Å². The quantitative estimate of drug-likeness (QED) is 0.172. The second-order valence-corrected chi connectivity index (χ2v) is 14.0. The van der Waals surface area contributed by atoms with Gasteiger partial charge < -0.3 is 8.98 Å². The van der Waals surface area contributed by atoms with Gasteiger partial charge in [0.15, 0.2) is 17.5 Å². The van der Waals surface area contributed by atoms with Crippen LogP contribution in [0.1, 0.15) is 0 Å². The van der Waals surface area contributed by atoms with E-state index in [0.717, 1.165) is 71.9 Å². The molecule has 0 N–H and O–H groups in total. The number of rotatable bonds is 6. The van der Waals surface area contributed by atoms with Crippen molar-refractivity contribution in [3.63, 3.8) is 0 Å². The summed E-state index contributed by atoms with van der Waals surface area (Å²) in [5.74, 6) is 1.81. The molecule has 3 heterocycles. The van der Waals surface area contributed by atoms with Gasteiger partial charge in [0.2, 0.25) is 0 Å². The minimum atomic E-state index is 0.587. The topological polar surface area (TPSA) is 56.7 Å². The molecular weight excluding hydrogens is 685 g/mol. The highest BCUT2D eigenvalue weighted by atomic mass is 16.3. The fourth-order valence-electron chi connectivity index (χ4n) is 8.00. The van der Waals surface area contributed by atoms with E-state index in [2.05, 4.69) is 150 Å². The first kappa shape index (κ1) is 31.9. The maximum atomic E-state index is 6.67. The third kappa shape index (κ3) is 5.37. The van der Waals surface area contributed by atoms with Gasteiger partial charge in [-0.3, -0.25) is 0 Å². The lowest BCUT2D eigenvalue weighted by atomic mass is 10.0. The van der Waals surface area contributed by atoms with Crippen LogP contribution < -0.4 is 0 Å². The van der Waals surface area contributed by atoms with Crippen LogP contribution in [0.15, 0.2) is 199 Å². The molecule has 11 rings (SSSR count). The van der Waals surface area contributed by atoms with Gasteiger partial charge in [0.1, 0.15) is 11.2 Å². The fourth-order valence-corrected chi connectivity index (χ4v) is 8.00. The highest BCUT2D eigenvalue weighted by molar-refractivity contribution is 6.19. The van der Waals surface area contributed by atoms with Crippen molar-refractivity contribution < 1.29 is 4.42 Å². The predicted molar refractivity (Wildman–Crippen MR) is 229 cm³/mol. The summed E-state index contributed by atoms with van der Waals surface area (Å²) < 4.78 is 9.02. The van der Waals surface area contributed by atoms with Crippen molar-refractivity contribution in [1.82, 2.24) is 19.5 Å². The molecule has 5 heteroatoms. The maximum absolute atomic E-state index is 6.67. The zero-order valence-corrected chi connectivity index (χ0v) is 30.2. The number of aromatic nitrogens is 4. The Morgan fingerprint density at radius 3 is 1.66 bits per heavy atom. The minimum absolute atomic E-state index is 0.587. The van der Waals surface area contributed by atoms with Crippen LogP contribution in [-0.4, -0.2) is 19.5 Å². The van der Waals surface area contributed by atoms with Crippen LogP contribution in [0, 0.1) is 0 Å². The van der Waals surface area contributed by atoms with E-state index in [0.29, 0.717) is 17.5 Å². The van der Waals surface area contributed by atoms with E-state index in [1.807, 2.05) is 48.5 Å².